The van der Waals surface area contributed by atoms with E-state index in [9.17, 15) is 9.36 Å². The molecule has 0 amide bonds. The van der Waals surface area contributed by atoms with Gasteiger partial charge in [-0.25, -0.2) is 0 Å². The minimum atomic E-state index is -3.73. The summed E-state index contributed by atoms with van der Waals surface area (Å²) in [6.07, 6.45) is 0. The summed E-state index contributed by atoms with van der Waals surface area (Å²) in [5, 5.41) is 0.566. The lowest BCUT2D eigenvalue weighted by molar-refractivity contribution is -0.143. The molecule has 2 unspecified atom stereocenters. The van der Waals surface area contributed by atoms with E-state index in [-0.39, 0.29) is 25.4 Å². The zero-order valence-electron chi connectivity index (χ0n) is 16.5. The van der Waals surface area contributed by atoms with Crippen molar-refractivity contribution in [2.24, 2.45) is 0 Å². The van der Waals surface area contributed by atoms with Crippen molar-refractivity contribution in [3.8, 4) is 0 Å². The number of ether oxygens (including phenoxy) is 1. The Morgan fingerprint density at radius 2 is 1.69 bits per heavy atom. The summed E-state index contributed by atoms with van der Waals surface area (Å²) in [4.78, 5) is 12.9. The molecule has 0 saturated carbocycles. The number of benzene rings is 1. The average Bonchev–Trinajstić information content (AvgIpc) is 2.51. The summed E-state index contributed by atoms with van der Waals surface area (Å²) in [5.41, 5.74) is -0.494. The second-order valence-electron chi connectivity index (χ2n) is 6.97. The van der Waals surface area contributed by atoms with Gasteiger partial charge in [0, 0.05) is 10.6 Å². The SMILES string of the molecule is CCOC(=O)C(C(c1cccc(Cl)c1)[Si](C)(C)C)P(=O)(OCC)OCC. The molecule has 2 atom stereocenters. The Morgan fingerprint density at radius 3 is 2.12 bits per heavy atom. The molecule has 0 fully saturated rings. The average molecular weight is 421 g/mol. The van der Waals surface area contributed by atoms with Gasteiger partial charge in [-0.1, -0.05) is 43.4 Å². The fraction of sp³-hybridized carbons (Fsp3) is 0.611. The zero-order chi connectivity index (χ0) is 20.0. The number of esters is 1. The maximum absolute atomic E-state index is 13.6. The van der Waals surface area contributed by atoms with Crippen molar-refractivity contribution < 1.29 is 23.1 Å². The van der Waals surface area contributed by atoms with Gasteiger partial charge in [-0.05, 0) is 38.5 Å². The lowest BCUT2D eigenvalue weighted by Gasteiger charge is -2.37. The molecule has 5 nitrogen and oxygen atoms in total. The summed E-state index contributed by atoms with van der Waals surface area (Å²) in [7, 11) is -5.80. The van der Waals surface area contributed by atoms with Gasteiger partial charge < -0.3 is 13.8 Å². The molecule has 0 aliphatic carbocycles. The van der Waals surface area contributed by atoms with Crippen LogP contribution in [0.15, 0.2) is 24.3 Å². The van der Waals surface area contributed by atoms with Crippen LogP contribution in [0.2, 0.25) is 24.7 Å². The van der Waals surface area contributed by atoms with Gasteiger partial charge in [0.05, 0.1) is 27.9 Å². The van der Waals surface area contributed by atoms with Crippen LogP contribution < -0.4 is 0 Å². The molecule has 0 saturated heterocycles. The predicted octanol–water partition coefficient (Wildman–Crippen LogP) is 5.50. The minimum Gasteiger partial charge on any atom is -0.465 e. The highest BCUT2D eigenvalue weighted by Gasteiger charge is 2.52. The molecule has 0 aromatic heterocycles. The topological polar surface area (TPSA) is 61.8 Å². The highest BCUT2D eigenvalue weighted by Crippen LogP contribution is 2.59. The summed E-state index contributed by atoms with van der Waals surface area (Å²) < 4.78 is 30.0. The normalized spacial score (nSPS) is 14.7. The van der Waals surface area contributed by atoms with Crippen molar-refractivity contribution in [3.05, 3.63) is 34.9 Å². The molecule has 1 aromatic carbocycles. The number of carbonyl (C=O) groups excluding carboxylic acids is 1. The molecule has 1 rings (SSSR count). The third kappa shape index (κ3) is 5.93. The molecular formula is C18H30ClO5PSi. The predicted molar refractivity (Wildman–Crippen MR) is 109 cm³/mol. The van der Waals surface area contributed by atoms with Gasteiger partial charge in [0.1, 0.15) is 0 Å². The number of hydrogen-bond donors (Lipinski definition) is 0. The summed E-state index contributed by atoms with van der Waals surface area (Å²) in [6.45, 7) is 12.1. The van der Waals surface area contributed by atoms with Gasteiger partial charge >= 0.3 is 13.6 Å². The van der Waals surface area contributed by atoms with Gasteiger partial charge in [-0.2, -0.15) is 0 Å². The lowest BCUT2D eigenvalue weighted by atomic mass is 10.1. The lowest BCUT2D eigenvalue weighted by Crippen LogP contribution is -2.44. The third-order valence-corrected chi connectivity index (χ3v) is 9.42. The smallest absolute Gasteiger partial charge is 0.345 e. The van der Waals surface area contributed by atoms with Crippen LogP contribution in [0.4, 0.5) is 0 Å². The number of halogens is 1. The van der Waals surface area contributed by atoms with E-state index in [0.717, 1.165) is 5.56 Å². The van der Waals surface area contributed by atoms with E-state index in [1.807, 2.05) is 18.2 Å². The number of carbonyl (C=O) groups is 1. The van der Waals surface area contributed by atoms with Crippen LogP contribution in [0, 0.1) is 0 Å². The van der Waals surface area contributed by atoms with Crippen LogP contribution in [0.5, 0.6) is 0 Å². The Morgan fingerprint density at radius 1 is 1.12 bits per heavy atom. The molecule has 0 heterocycles. The van der Waals surface area contributed by atoms with Crippen molar-refractivity contribution in [2.75, 3.05) is 19.8 Å². The summed E-state index contributed by atoms with van der Waals surface area (Å²) in [6, 6.07) is 7.33. The molecule has 0 aliphatic heterocycles. The van der Waals surface area contributed by atoms with Crippen LogP contribution in [-0.2, 0) is 23.1 Å². The van der Waals surface area contributed by atoms with E-state index in [0.29, 0.717) is 5.02 Å². The summed E-state index contributed by atoms with van der Waals surface area (Å²) in [5.74, 6) is -0.551. The fourth-order valence-corrected chi connectivity index (χ4v) is 9.43. The van der Waals surface area contributed by atoms with Crippen molar-refractivity contribution >= 4 is 33.2 Å². The molecule has 0 N–H and O–H groups in total. The van der Waals surface area contributed by atoms with Crippen molar-refractivity contribution in [1.82, 2.24) is 0 Å². The van der Waals surface area contributed by atoms with Crippen LogP contribution in [0.1, 0.15) is 31.9 Å². The Labute approximate surface area is 162 Å². The van der Waals surface area contributed by atoms with Gasteiger partial charge in [0.2, 0.25) is 0 Å². The standard InChI is InChI=1S/C18H30ClO5PSi/c1-7-22-18(20)16(25(21,23-8-2)24-9-3)17(26(4,5)6)14-11-10-12-15(19)13-14/h10-13,16-17H,7-9H2,1-6H3. The van der Waals surface area contributed by atoms with E-state index >= 15 is 0 Å². The molecule has 0 bridgehead atoms. The second kappa shape index (κ2) is 10.0. The van der Waals surface area contributed by atoms with Crippen molar-refractivity contribution in [1.29, 1.82) is 0 Å². The largest absolute Gasteiger partial charge is 0.465 e. The van der Waals surface area contributed by atoms with Gasteiger partial charge in [0.15, 0.2) is 5.66 Å². The Bertz CT molecular complexity index is 637. The van der Waals surface area contributed by atoms with Crippen molar-refractivity contribution in [3.63, 3.8) is 0 Å². The first-order valence-corrected chi connectivity index (χ1v) is 14.5. The maximum atomic E-state index is 13.6. The van der Waals surface area contributed by atoms with Crippen LogP contribution >= 0.6 is 19.2 Å². The van der Waals surface area contributed by atoms with E-state index in [2.05, 4.69) is 19.6 Å². The minimum absolute atomic E-state index is 0.182. The zero-order valence-corrected chi connectivity index (χ0v) is 19.1. The highest BCUT2D eigenvalue weighted by molar-refractivity contribution is 7.56. The molecule has 148 valence electrons. The third-order valence-electron chi connectivity index (χ3n) is 3.94. The highest BCUT2D eigenvalue weighted by atomic mass is 35.5. The molecule has 0 radical (unpaired) electrons. The molecule has 26 heavy (non-hydrogen) atoms. The quantitative estimate of drug-likeness (QED) is 0.284. The molecule has 1 aromatic rings. The fourth-order valence-electron chi connectivity index (χ4n) is 3.09. The van der Waals surface area contributed by atoms with E-state index in [1.165, 1.54) is 0 Å². The van der Waals surface area contributed by atoms with E-state index in [4.69, 9.17) is 25.4 Å². The maximum Gasteiger partial charge on any atom is 0.345 e. The number of rotatable bonds is 10. The Kier molecular flexibility index (Phi) is 9.04. The molecular weight excluding hydrogens is 391 g/mol. The molecule has 0 spiro atoms. The van der Waals surface area contributed by atoms with Gasteiger partial charge in [-0.15, -0.1) is 0 Å². The molecule has 8 heteroatoms. The second-order valence-corrected chi connectivity index (χ2v) is 14.9. The molecule has 0 aliphatic rings. The van der Waals surface area contributed by atoms with Crippen molar-refractivity contribution in [2.45, 2.75) is 51.6 Å². The summed E-state index contributed by atoms with van der Waals surface area (Å²) >= 11 is 6.19. The van der Waals surface area contributed by atoms with Crippen LogP contribution in [0.25, 0.3) is 0 Å². The van der Waals surface area contributed by atoms with Crippen LogP contribution in [-0.4, -0.2) is 39.5 Å². The monoisotopic (exact) mass is 420 g/mol. The van der Waals surface area contributed by atoms with Gasteiger partial charge in [0.25, 0.3) is 0 Å². The first-order valence-electron chi connectivity index (χ1n) is 8.91. The Hall–Kier alpha value is -0.653. The van der Waals surface area contributed by atoms with Crippen LogP contribution in [0.3, 0.4) is 0 Å². The Balaban J connectivity index is 3.61. The first kappa shape index (κ1) is 23.4. The van der Waals surface area contributed by atoms with E-state index < -0.39 is 27.3 Å². The van der Waals surface area contributed by atoms with E-state index in [1.54, 1.807) is 26.8 Å². The van der Waals surface area contributed by atoms with Gasteiger partial charge in [-0.3, -0.25) is 9.36 Å². The number of hydrogen-bond acceptors (Lipinski definition) is 5. The first-order chi connectivity index (χ1) is 12.1.